The Bertz CT molecular complexity index is 1220. The molecule has 0 radical (unpaired) electrons. The molecule has 2 rings (SSSR count). The number of amides is 2. The number of hydrogen-bond acceptors (Lipinski definition) is 4. The van der Waals surface area contributed by atoms with E-state index < -0.39 is 44.8 Å². The number of rotatable bonds is 24. The molecule has 7 heteroatoms. The van der Waals surface area contributed by atoms with E-state index in [1.807, 2.05) is 18.2 Å². The van der Waals surface area contributed by atoms with Gasteiger partial charge >= 0.3 is 314 Å². The Hall–Kier alpha value is -1.64. The second-order valence-electron chi connectivity index (χ2n) is 15.3. The van der Waals surface area contributed by atoms with Crippen molar-refractivity contribution in [2.24, 2.45) is 5.92 Å². The molecule has 1 aromatic carbocycles. The van der Waals surface area contributed by atoms with E-state index in [4.69, 9.17) is 9.16 Å². The summed E-state index contributed by atoms with van der Waals surface area (Å²) in [7, 11) is -2.16. The number of carbonyl (C=O) groups is 2. The molecule has 2 amide bonds. The molecule has 0 saturated carbocycles. The average Bonchev–Trinajstić information content (AvgIpc) is 3.47. The first-order chi connectivity index (χ1) is 23.9. The number of carbonyl (C=O) groups excluding carboxylic acids is 2. The van der Waals surface area contributed by atoms with Crippen molar-refractivity contribution < 1.29 is 18.8 Å². The second-order valence-corrected chi connectivity index (χ2v) is 33.8. The fraction of sp³-hybridized carbons (Fsp3) is 0.674. The standard InChI is InChI=1S/C31H46NO4Si.3C4H9.Sn/c1-8-16-29(36-37(9-2,10-3)11-4)28(21-25(7)18-15-17-24(5)6)30(33)32-27(23-35-31(32)34)22-26-19-13-12-14-20-26;3*1-3-4-2;/h12-14,16-17,19-21,27-29H,9-11,15,18,22-23H2,1-7H3;3*1,3-4H2,2H3;/b16-8?,25-21+;;;;/t27-,28-,29+;;;;/m1..../s1. The van der Waals surface area contributed by atoms with Crippen molar-refractivity contribution in [3.8, 4) is 0 Å². The van der Waals surface area contributed by atoms with E-state index >= 15 is 4.79 Å². The third-order valence-electron chi connectivity index (χ3n) is 11.3. The Labute approximate surface area is 312 Å². The zero-order valence-corrected chi connectivity index (χ0v) is 37.6. The van der Waals surface area contributed by atoms with Crippen LogP contribution in [0.25, 0.3) is 0 Å². The van der Waals surface area contributed by atoms with E-state index in [1.165, 1.54) is 67.9 Å². The van der Waals surface area contributed by atoms with Crippen LogP contribution in [0.4, 0.5) is 4.79 Å². The zero-order valence-electron chi connectivity index (χ0n) is 33.7. The van der Waals surface area contributed by atoms with Crippen LogP contribution in [0.5, 0.6) is 0 Å². The first-order valence-corrected chi connectivity index (χ1v) is 30.2. The van der Waals surface area contributed by atoms with E-state index in [2.05, 4.69) is 99.6 Å². The Morgan fingerprint density at radius 1 is 0.900 bits per heavy atom. The van der Waals surface area contributed by atoms with Gasteiger partial charge in [0, 0.05) is 0 Å². The normalized spacial score (nSPS) is 17.1. The molecular weight excluding hydrogens is 741 g/mol. The van der Waals surface area contributed by atoms with Gasteiger partial charge in [-0.25, -0.2) is 0 Å². The number of hydrogen-bond donors (Lipinski definition) is 0. The average molecular weight is 815 g/mol. The molecule has 0 aliphatic carbocycles. The fourth-order valence-electron chi connectivity index (χ4n) is 7.65. The molecule has 3 atom stereocenters. The van der Waals surface area contributed by atoms with Crippen molar-refractivity contribution in [2.75, 3.05) is 6.61 Å². The minimum atomic E-state index is -2.83. The van der Waals surface area contributed by atoms with Gasteiger partial charge in [0.1, 0.15) is 0 Å². The van der Waals surface area contributed by atoms with Gasteiger partial charge in [0.05, 0.1) is 0 Å². The molecule has 1 aliphatic heterocycles. The molecule has 50 heavy (non-hydrogen) atoms. The van der Waals surface area contributed by atoms with Crippen molar-refractivity contribution in [3.05, 3.63) is 68.9 Å². The summed E-state index contributed by atoms with van der Waals surface area (Å²) < 4.78 is 18.8. The molecule has 0 spiro atoms. The van der Waals surface area contributed by atoms with E-state index in [9.17, 15) is 4.79 Å². The van der Waals surface area contributed by atoms with Crippen LogP contribution in [0.3, 0.4) is 0 Å². The number of nitrogens with zero attached hydrogens (tertiary/aromatic N) is 1. The maximum atomic E-state index is 15.1. The molecule has 5 nitrogen and oxygen atoms in total. The van der Waals surface area contributed by atoms with Gasteiger partial charge in [-0.3, -0.25) is 0 Å². The number of imide groups is 1. The molecule has 0 bridgehead atoms. The topological polar surface area (TPSA) is 55.8 Å². The Morgan fingerprint density at radius 3 is 1.96 bits per heavy atom. The zero-order chi connectivity index (χ0) is 37.2. The fourth-order valence-corrected chi connectivity index (χ4v) is 26.3. The van der Waals surface area contributed by atoms with Gasteiger partial charge < -0.3 is 0 Å². The number of unbranched alkanes of at least 4 members (excludes halogenated alkanes) is 3. The van der Waals surface area contributed by atoms with Crippen LogP contribution in [0, 0.1) is 5.92 Å². The van der Waals surface area contributed by atoms with Gasteiger partial charge in [-0.2, -0.15) is 0 Å². The molecule has 282 valence electrons. The van der Waals surface area contributed by atoms with E-state index in [1.54, 1.807) is 3.59 Å². The Kier molecular flexibility index (Phi) is 20.6. The SMILES string of the molecule is CCC[CH2][Sn]([CH2]CCC)([CH2]CCC)/[C](C)=C\[C@H](O[Si](CC)(CC)CC)[C@@H](/C=C(\C)CCC=C(C)C)C(=O)N1C(=O)OC[C@H]1Cc1ccccc1. The quantitative estimate of drug-likeness (QED) is 0.0770. The minimum absolute atomic E-state index is 0.174. The summed E-state index contributed by atoms with van der Waals surface area (Å²) in [5.74, 6) is -0.767. The summed E-state index contributed by atoms with van der Waals surface area (Å²) in [5.41, 5.74) is 3.56. The van der Waals surface area contributed by atoms with E-state index in [0.29, 0.717) is 6.42 Å². The molecule has 1 aromatic rings. The molecule has 0 N–H and O–H groups in total. The van der Waals surface area contributed by atoms with Crippen LogP contribution >= 0.6 is 0 Å². The summed E-state index contributed by atoms with van der Waals surface area (Å²) >= 11 is -2.83. The van der Waals surface area contributed by atoms with Crippen molar-refractivity contribution in [1.82, 2.24) is 4.90 Å². The molecule has 1 fully saturated rings. The molecule has 1 heterocycles. The summed E-state index contributed by atoms with van der Waals surface area (Å²) in [5, 5.41) is 0. The first kappa shape index (κ1) is 44.5. The molecule has 1 aliphatic rings. The van der Waals surface area contributed by atoms with Crippen molar-refractivity contribution in [3.63, 3.8) is 0 Å². The van der Waals surface area contributed by atoms with Crippen LogP contribution < -0.4 is 0 Å². The molecule has 0 aromatic heterocycles. The predicted molar refractivity (Wildman–Crippen MR) is 219 cm³/mol. The Balaban J connectivity index is 2.82. The molecular formula is C43H73NO4SiSn. The van der Waals surface area contributed by atoms with Crippen LogP contribution in [-0.2, 0) is 20.4 Å². The van der Waals surface area contributed by atoms with E-state index in [0.717, 1.165) is 36.5 Å². The van der Waals surface area contributed by atoms with Crippen molar-refractivity contribution in [1.29, 1.82) is 0 Å². The van der Waals surface area contributed by atoms with Crippen LogP contribution in [0.1, 0.15) is 126 Å². The van der Waals surface area contributed by atoms with Crippen LogP contribution in [0.15, 0.2) is 63.3 Å². The van der Waals surface area contributed by atoms with Crippen molar-refractivity contribution >= 4 is 38.7 Å². The van der Waals surface area contributed by atoms with Gasteiger partial charge in [-0.1, -0.05) is 0 Å². The van der Waals surface area contributed by atoms with Gasteiger partial charge in [0.25, 0.3) is 0 Å². The summed E-state index contributed by atoms with van der Waals surface area (Å²) in [6, 6.07) is 12.8. The third-order valence-corrected chi connectivity index (χ3v) is 32.4. The summed E-state index contributed by atoms with van der Waals surface area (Å²) in [4.78, 5) is 30.0. The van der Waals surface area contributed by atoms with Crippen LogP contribution in [-0.4, -0.2) is 62.3 Å². The van der Waals surface area contributed by atoms with Gasteiger partial charge in [-0.15, -0.1) is 0 Å². The van der Waals surface area contributed by atoms with Crippen molar-refractivity contribution in [2.45, 2.75) is 171 Å². The van der Waals surface area contributed by atoms with Crippen LogP contribution in [0.2, 0.25) is 31.4 Å². The second kappa shape index (κ2) is 23.1. The predicted octanol–water partition coefficient (Wildman–Crippen LogP) is 12.6. The summed E-state index contributed by atoms with van der Waals surface area (Å²) in [6.45, 7) is 22.8. The third kappa shape index (κ3) is 13.4. The maximum absolute atomic E-state index is 15.1. The van der Waals surface area contributed by atoms with E-state index in [-0.39, 0.29) is 18.6 Å². The molecule has 1 saturated heterocycles. The summed E-state index contributed by atoms with van der Waals surface area (Å²) in [6.07, 6.45) is 15.8. The number of cyclic esters (lactones) is 1. The first-order valence-electron chi connectivity index (χ1n) is 20.2. The number of benzene rings is 1. The number of ether oxygens (including phenoxy) is 1. The van der Waals surface area contributed by atoms with Gasteiger partial charge in [0.2, 0.25) is 0 Å². The van der Waals surface area contributed by atoms with Gasteiger partial charge in [0.15, 0.2) is 0 Å². The molecule has 0 unspecified atom stereocenters. The Morgan fingerprint density at radius 2 is 1.46 bits per heavy atom. The number of allylic oxidation sites excluding steroid dienone is 4. The van der Waals surface area contributed by atoms with Gasteiger partial charge in [-0.05, 0) is 0 Å². The monoisotopic (exact) mass is 815 g/mol.